The van der Waals surface area contributed by atoms with E-state index in [1.54, 1.807) is 19.2 Å². The second-order valence-corrected chi connectivity index (χ2v) is 6.71. The van der Waals surface area contributed by atoms with Gasteiger partial charge in [0.15, 0.2) is 5.96 Å². The standard InChI is InChI=1S/C22H29FN4O.HI/c1-4-16(2)27-21(28)19-7-5-6-18(14-19)15-26-22(24-3)25-13-12-17-8-10-20(23)11-9-17;/h5-11,14,16H,4,12-13,15H2,1-3H3,(H,27,28)(H2,24,25,26);1H. The SMILES string of the molecule is CCC(C)NC(=O)c1cccc(CNC(=NC)NCCc2ccc(F)cc2)c1.I. The fraction of sp³-hybridized carbons (Fsp3) is 0.364. The Morgan fingerprint density at radius 2 is 1.83 bits per heavy atom. The van der Waals surface area contributed by atoms with Gasteiger partial charge in [-0.15, -0.1) is 24.0 Å². The van der Waals surface area contributed by atoms with Gasteiger partial charge in [-0.1, -0.05) is 31.2 Å². The average Bonchev–Trinajstić information content (AvgIpc) is 2.72. The summed E-state index contributed by atoms with van der Waals surface area (Å²) in [7, 11) is 1.71. The first-order chi connectivity index (χ1) is 13.5. The van der Waals surface area contributed by atoms with Crippen LogP contribution in [-0.2, 0) is 13.0 Å². The molecule has 0 saturated heterocycles. The van der Waals surface area contributed by atoms with Crippen LogP contribution in [0.5, 0.6) is 0 Å². The summed E-state index contributed by atoms with van der Waals surface area (Å²) in [6, 6.07) is 14.2. The molecule has 0 aliphatic heterocycles. The van der Waals surface area contributed by atoms with Crippen molar-refractivity contribution in [1.29, 1.82) is 0 Å². The first-order valence-electron chi connectivity index (χ1n) is 9.60. The Kier molecular flexibility index (Phi) is 11.3. The monoisotopic (exact) mass is 512 g/mol. The summed E-state index contributed by atoms with van der Waals surface area (Å²) in [5.41, 5.74) is 2.71. The number of aliphatic imine (C=N–C) groups is 1. The van der Waals surface area contributed by atoms with E-state index in [0.29, 0.717) is 24.6 Å². The zero-order chi connectivity index (χ0) is 20.4. The van der Waals surface area contributed by atoms with Gasteiger partial charge < -0.3 is 16.0 Å². The molecule has 0 radical (unpaired) electrons. The highest BCUT2D eigenvalue weighted by Gasteiger charge is 2.09. The Labute approximate surface area is 189 Å². The van der Waals surface area contributed by atoms with Gasteiger partial charge in [0.1, 0.15) is 5.82 Å². The molecule has 2 aromatic carbocycles. The highest BCUT2D eigenvalue weighted by molar-refractivity contribution is 14.0. The lowest BCUT2D eigenvalue weighted by Crippen LogP contribution is -2.38. The van der Waals surface area contributed by atoms with E-state index in [1.165, 1.54) is 12.1 Å². The maximum atomic E-state index is 12.9. The van der Waals surface area contributed by atoms with Gasteiger partial charge in [-0.3, -0.25) is 9.79 Å². The van der Waals surface area contributed by atoms with E-state index in [-0.39, 0.29) is 41.7 Å². The van der Waals surface area contributed by atoms with Crippen LogP contribution in [0, 0.1) is 5.82 Å². The fourth-order valence-corrected chi connectivity index (χ4v) is 2.61. The van der Waals surface area contributed by atoms with E-state index < -0.39 is 0 Å². The molecule has 0 aliphatic carbocycles. The van der Waals surface area contributed by atoms with E-state index in [0.717, 1.165) is 24.0 Å². The summed E-state index contributed by atoms with van der Waals surface area (Å²) in [4.78, 5) is 16.5. The molecule has 29 heavy (non-hydrogen) atoms. The van der Waals surface area contributed by atoms with Crippen LogP contribution in [0.1, 0.15) is 41.8 Å². The van der Waals surface area contributed by atoms with E-state index >= 15 is 0 Å². The Balaban J connectivity index is 0.00000420. The number of nitrogens with zero attached hydrogens (tertiary/aromatic N) is 1. The van der Waals surface area contributed by atoms with Crippen molar-refractivity contribution in [3.05, 3.63) is 71.0 Å². The smallest absolute Gasteiger partial charge is 0.251 e. The Morgan fingerprint density at radius 3 is 2.48 bits per heavy atom. The molecule has 1 amide bonds. The fourth-order valence-electron chi connectivity index (χ4n) is 2.61. The number of hydrogen-bond donors (Lipinski definition) is 3. The van der Waals surface area contributed by atoms with E-state index in [4.69, 9.17) is 0 Å². The predicted octanol–water partition coefficient (Wildman–Crippen LogP) is 3.88. The van der Waals surface area contributed by atoms with Crippen LogP contribution in [0.2, 0.25) is 0 Å². The molecule has 5 nitrogen and oxygen atoms in total. The van der Waals surface area contributed by atoms with E-state index in [9.17, 15) is 9.18 Å². The maximum Gasteiger partial charge on any atom is 0.251 e. The zero-order valence-electron chi connectivity index (χ0n) is 17.2. The van der Waals surface area contributed by atoms with Gasteiger partial charge >= 0.3 is 0 Å². The Morgan fingerprint density at radius 1 is 1.10 bits per heavy atom. The van der Waals surface area contributed by atoms with E-state index in [1.807, 2.05) is 38.1 Å². The Hall–Kier alpha value is -2.16. The number of nitrogens with one attached hydrogen (secondary N) is 3. The largest absolute Gasteiger partial charge is 0.356 e. The molecule has 1 atom stereocenters. The molecule has 3 N–H and O–H groups in total. The molecule has 0 fully saturated rings. The van der Waals surface area contributed by atoms with Gasteiger partial charge in [0.25, 0.3) is 5.91 Å². The molecule has 158 valence electrons. The van der Waals surface area contributed by atoms with Gasteiger partial charge in [-0.05, 0) is 55.2 Å². The minimum absolute atomic E-state index is 0. The van der Waals surface area contributed by atoms with Crippen LogP contribution >= 0.6 is 24.0 Å². The average molecular weight is 512 g/mol. The van der Waals surface area contributed by atoms with Crippen LogP contribution in [0.25, 0.3) is 0 Å². The number of benzene rings is 2. The molecule has 7 heteroatoms. The molecule has 2 aromatic rings. The zero-order valence-corrected chi connectivity index (χ0v) is 19.5. The molecule has 1 unspecified atom stereocenters. The van der Waals surface area contributed by atoms with Crippen molar-refractivity contribution in [2.24, 2.45) is 4.99 Å². The molecule has 0 heterocycles. The number of carbonyl (C=O) groups is 1. The molecule has 0 aromatic heterocycles. The third kappa shape index (κ3) is 8.81. The van der Waals surface area contributed by atoms with Gasteiger partial charge in [0.05, 0.1) is 0 Å². The van der Waals surface area contributed by atoms with Crippen molar-refractivity contribution in [3.8, 4) is 0 Å². The first kappa shape index (κ1) is 24.9. The van der Waals surface area contributed by atoms with Gasteiger partial charge in [-0.25, -0.2) is 4.39 Å². The van der Waals surface area contributed by atoms with E-state index in [2.05, 4.69) is 20.9 Å². The van der Waals surface area contributed by atoms with Gasteiger partial charge in [-0.2, -0.15) is 0 Å². The lowest BCUT2D eigenvalue weighted by Gasteiger charge is -2.14. The molecule has 0 bridgehead atoms. The number of amides is 1. The van der Waals surface area contributed by atoms with Crippen molar-refractivity contribution in [3.63, 3.8) is 0 Å². The van der Waals surface area contributed by atoms with Crippen molar-refractivity contribution in [2.75, 3.05) is 13.6 Å². The first-order valence-corrected chi connectivity index (χ1v) is 9.60. The minimum atomic E-state index is -0.228. The van der Waals surface area contributed by atoms with Crippen LogP contribution in [0.4, 0.5) is 4.39 Å². The highest BCUT2D eigenvalue weighted by Crippen LogP contribution is 2.06. The third-order valence-corrected chi connectivity index (χ3v) is 4.48. The number of rotatable bonds is 8. The number of guanidine groups is 1. The topological polar surface area (TPSA) is 65.5 Å². The second kappa shape index (κ2) is 13.1. The second-order valence-electron chi connectivity index (χ2n) is 6.71. The normalized spacial score (nSPS) is 11.9. The van der Waals surface area contributed by atoms with Gasteiger partial charge in [0.2, 0.25) is 0 Å². The summed E-state index contributed by atoms with van der Waals surface area (Å²) in [5, 5.41) is 9.46. The van der Waals surface area contributed by atoms with Crippen LogP contribution in [0.3, 0.4) is 0 Å². The summed E-state index contributed by atoms with van der Waals surface area (Å²) >= 11 is 0. The lowest BCUT2D eigenvalue weighted by molar-refractivity contribution is 0.0939. The summed E-state index contributed by atoms with van der Waals surface area (Å²) in [5.74, 6) is 0.392. The number of carbonyl (C=O) groups excluding carboxylic acids is 1. The molecule has 0 saturated carbocycles. The van der Waals surface area contributed by atoms with Crippen molar-refractivity contribution in [2.45, 2.75) is 39.3 Å². The number of halogens is 2. The van der Waals surface area contributed by atoms with Crippen molar-refractivity contribution >= 4 is 35.8 Å². The highest BCUT2D eigenvalue weighted by atomic mass is 127. The lowest BCUT2D eigenvalue weighted by atomic mass is 10.1. The molecular formula is C22H30FIN4O. The summed E-state index contributed by atoms with van der Waals surface area (Å²) < 4.78 is 12.9. The molecule has 0 aliphatic rings. The van der Waals surface area contributed by atoms with Crippen LogP contribution in [0.15, 0.2) is 53.5 Å². The maximum absolute atomic E-state index is 12.9. The predicted molar refractivity (Wildman–Crippen MR) is 127 cm³/mol. The van der Waals surface area contributed by atoms with Crippen molar-refractivity contribution in [1.82, 2.24) is 16.0 Å². The third-order valence-electron chi connectivity index (χ3n) is 4.48. The van der Waals surface area contributed by atoms with Crippen LogP contribution in [-0.4, -0.2) is 31.5 Å². The van der Waals surface area contributed by atoms with Crippen molar-refractivity contribution < 1.29 is 9.18 Å². The molecular weight excluding hydrogens is 482 g/mol. The minimum Gasteiger partial charge on any atom is -0.356 e. The van der Waals surface area contributed by atoms with Crippen LogP contribution < -0.4 is 16.0 Å². The Bertz CT molecular complexity index is 796. The number of hydrogen-bond acceptors (Lipinski definition) is 2. The summed E-state index contributed by atoms with van der Waals surface area (Å²) in [6.07, 6.45) is 1.67. The summed E-state index contributed by atoms with van der Waals surface area (Å²) in [6.45, 7) is 5.27. The molecule has 2 rings (SSSR count). The quantitative estimate of drug-likeness (QED) is 0.286. The molecule has 0 spiro atoms. The van der Waals surface area contributed by atoms with Gasteiger partial charge in [0, 0.05) is 31.7 Å².